The zero-order chi connectivity index (χ0) is 19.6. The Bertz CT molecular complexity index is 928. The van der Waals surface area contributed by atoms with E-state index in [0.717, 1.165) is 16.7 Å². The van der Waals surface area contributed by atoms with Crippen LogP contribution in [-0.4, -0.2) is 38.4 Å². The van der Waals surface area contributed by atoms with Crippen molar-refractivity contribution < 1.29 is 13.2 Å². The summed E-state index contributed by atoms with van der Waals surface area (Å²) in [6.45, 7) is 6.77. The van der Waals surface area contributed by atoms with Gasteiger partial charge >= 0.3 is 0 Å². The third-order valence-corrected chi connectivity index (χ3v) is 6.70. The van der Waals surface area contributed by atoms with E-state index in [2.05, 4.69) is 4.72 Å². The summed E-state index contributed by atoms with van der Waals surface area (Å²) in [5.74, 6) is 0.00540. The van der Waals surface area contributed by atoms with Crippen LogP contribution in [0.15, 0.2) is 47.4 Å². The van der Waals surface area contributed by atoms with Crippen molar-refractivity contribution in [2.24, 2.45) is 0 Å². The molecule has 6 heteroatoms. The van der Waals surface area contributed by atoms with Crippen LogP contribution in [0, 0.1) is 20.8 Å². The fourth-order valence-corrected chi connectivity index (χ4v) is 4.99. The molecule has 0 aliphatic carbocycles. The van der Waals surface area contributed by atoms with Gasteiger partial charge in [0.25, 0.3) is 5.91 Å². The van der Waals surface area contributed by atoms with E-state index in [0.29, 0.717) is 36.4 Å². The molecule has 27 heavy (non-hydrogen) atoms. The Labute approximate surface area is 161 Å². The molecule has 144 valence electrons. The predicted molar refractivity (Wildman–Crippen MR) is 106 cm³/mol. The number of nitrogens with zero attached hydrogens (tertiary/aromatic N) is 1. The number of aryl methyl sites for hydroxylation is 3. The van der Waals surface area contributed by atoms with E-state index in [1.54, 1.807) is 17.9 Å². The second-order valence-electron chi connectivity index (χ2n) is 7.32. The number of sulfonamides is 1. The summed E-state index contributed by atoms with van der Waals surface area (Å²) in [4.78, 5) is 14.7. The second kappa shape index (κ2) is 7.82. The summed E-state index contributed by atoms with van der Waals surface area (Å²) < 4.78 is 28.3. The van der Waals surface area contributed by atoms with Gasteiger partial charge in [0.05, 0.1) is 4.90 Å². The first kappa shape index (κ1) is 19.6. The Hall–Kier alpha value is -2.18. The van der Waals surface area contributed by atoms with Gasteiger partial charge in [-0.05, 0) is 62.9 Å². The molecule has 1 N–H and O–H groups in total. The average Bonchev–Trinajstić information content (AvgIpc) is 2.64. The van der Waals surface area contributed by atoms with Gasteiger partial charge in [0.2, 0.25) is 10.0 Å². The van der Waals surface area contributed by atoms with E-state index in [1.807, 2.05) is 50.2 Å². The van der Waals surface area contributed by atoms with E-state index in [-0.39, 0.29) is 11.9 Å². The predicted octanol–water partition coefficient (Wildman–Crippen LogP) is 3.19. The Morgan fingerprint density at radius 3 is 2.19 bits per heavy atom. The SMILES string of the molecule is Cc1ccc(C(=O)N2CCC(NS(=O)(=O)c3cc(C)ccc3C)CC2)cc1. The van der Waals surface area contributed by atoms with Gasteiger partial charge in [-0.1, -0.05) is 29.8 Å². The molecule has 0 spiro atoms. The van der Waals surface area contributed by atoms with E-state index in [4.69, 9.17) is 0 Å². The van der Waals surface area contributed by atoms with Crippen molar-refractivity contribution in [3.63, 3.8) is 0 Å². The summed E-state index contributed by atoms with van der Waals surface area (Å²) >= 11 is 0. The fraction of sp³-hybridized carbons (Fsp3) is 0.381. The van der Waals surface area contributed by atoms with Gasteiger partial charge in [0.1, 0.15) is 0 Å². The van der Waals surface area contributed by atoms with Crippen molar-refractivity contribution in [3.05, 3.63) is 64.7 Å². The minimum Gasteiger partial charge on any atom is -0.339 e. The van der Waals surface area contributed by atoms with E-state index in [9.17, 15) is 13.2 Å². The molecule has 1 heterocycles. The van der Waals surface area contributed by atoms with Crippen molar-refractivity contribution >= 4 is 15.9 Å². The van der Waals surface area contributed by atoms with E-state index in [1.165, 1.54) is 0 Å². The van der Waals surface area contributed by atoms with Crippen molar-refractivity contribution in [3.8, 4) is 0 Å². The molecule has 0 bridgehead atoms. The monoisotopic (exact) mass is 386 g/mol. The van der Waals surface area contributed by atoms with Crippen LogP contribution in [0.3, 0.4) is 0 Å². The number of carbonyl (C=O) groups is 1. The number of nitrogens with one attached hydrogen (secondary N) is 1. The average molecular weight is 387 g/mol. The molecule has 0 saturated carbocycles. The zero-order valence-corrected chi connectivity index (χ0v) is 16.8. The standard InChI is InChI=1S/C21H26N2O3S/c1-15-5-8-18(9-6-15)21(24)23-12-10-19(11-13-23)22-27(25,26)20-14-16(2)4-7-17(20)3/h4-9,14,19,22H,10-13H2,1-3H3. The highest BCUT2D eigenvalue weighted by atomic mass is 32.2. The number of benzene rings is 2. The minimum atomic E-state index is -3.56. The highest BCUT2D eigenvalue weighted by molar-refractivity contribution is 7.89. The van der Waals surface area contributed by atoms with Crippen LogP contribution in [0.5, 0.6) is 0 Å². The van der Waals surface area contributed by atoms with Crippen molar-refractivity contribution in [1.82, 2.24) is 9.62 Å². The maximum Gasteiger partial charge on any atom is 0.253 e. The molecule has 1 saturated heterocycles. The molecule has 3 rings (SSSR count). The maximum absolute atomic E-state index is 12.8. The summed E-state index contributed by atoms with van der Waals surface area (Å²) in [6, 6.07) is 12.8. The first-order valence-electron chi connectivity index (χ1n) is 9.22. The lowest BCUT2D eigenvalue weighted by Gasteiger charge is -2.32. The number of piperidine rings is 1. The molecular weight excluding hydrogens is 360 g/mol. The molecule has 0 unspecified atom stereocenters. The van der Waals surface area contributed by atoms with E-state index >= 15 is 0 Å². The van der Waals surface area contributed by atoms with Crippen molar-refractivity contribution in [1.29, 1.82) is 0 Å². The van der Waals surface area contributed by atoms with Gasteiger partial charge < -0.3 is 4.90 Å². The molecule has 0 aromatic heterocycles. The van der Waals surface area contributed by atoms with Crippen LogP contribution >= 0.6 is 0 Å². The minimum absolute atomic E-state index is 0.00540. The van der Waals surface area contributed by atoms with Crippen LogP contribution in [0.1, 0.15) is 39.9 Å². The van der Waals surface area contributed by atoms with Crippen LogP contribution in [-0.2, 0) is 10.0 Å². The highest BCUT2D eigenvalue weighted by Crippen LogP contribution is 2.20. The van der Waals surface area contributed by atoms with Gasteiger partial charge in [-0.25, -0.2) is 13.1 Å². The summed E-state index contributed by atoms with van der Waals surface area (Å²) in [5, 5.41) is 0. The molecule has 1 amide bonds. The van der Waals surface area contributed by atoms with Crippen molar-refractivity contribution in [2.45, 2.75) is 44.6 Å². The number of likely N-dealkylation sites (tertiary alicyclic amines) is 1. The summed E-state index contributed by atoms with van der Waals surface area (Å²) in [5.41, 5.74) is 3.45. The van der Waals surface area contributed by atoms with Gasteiger partial charge in [-0.3, -0.25) is 4.79 Å². The Morgan fingerprint density at radius 2 is 1.56 bits per heavy atom. The highest BCUT2D eigenvalue weighted by Gasteiger charge is 2.27. The first-order chi connectivity index (χ1) is 12.8. The van der Waals surface area contributed by atoms with Gasteiger partial charge in [0, 0.05) is 24.7 Å². The molecule has 1 aliphatic rings. The Kier molecular flexibility index (Phi) is 5.67. The number of hydrogen-bond acceptors (Lipinski definition) is 3. The van der Waals surface area contributed by atoms with Crippen molar-refractivity contribution in [2.75, 3.05) is 13.1 Å². The topological polar surface area (TPSA) is 66.5 Å². The fourth-order valence-electron chi connectivity index (χ4n) is 3.36. The van der Waals surface area contributed by atoms with Gasteiger partial charge in [-0.15, -0.1) is 0 Å². The lowest BCUT2D eigenvalue weighted by Crippen LogP contribution is -2.46. The normalized spacial score (nSPS) is 15.7. The molecular formula is C21H26N2O3S. The third-order valence-electron chi connectivity index (χ3n) is 5.04. The lowest BCUT2D eigenvalue weighted by molar-refractivity contribution is 0.0711. The summed E-state index contributed by atoms with van der Waals surface area (Å²) in [7, 11) is -3.56. The quantitative estimate of drug-likeness (QED) is 0.877. The van der Waals surface area contributed by atoms with Crippen LogP contribution < -0.4 is 4.72 Å². The molecule has 2 aromatic carbocycles. The molecule has 0 atom stereocenters. The maximum atomic E-state index is 12.8. The second-order valence-corrected chi connectivity index (χ2v) is 9.01. The lowest BCUT2D eigenvalue weighted by atomic mass is 10.0. The molecule has 0 radical (unpaired) electrons. The molecule has 2 aromatic rings. The third kappa shape index (κ3) is 4.57. The number of carbonyl (C=O) groups excluding carboxylic acids is 1. The Morgan fingerprint density at radius 1 is 0.963 bits per heavy atom. The smallest absolute Gasteiger partial charge is 0.253 e. The van der Waals surface area contributed by atoms with E-state index < -0.39 is 10.0 Å². The van der Waals surface area contributed by atoms with Crippen LogP contribution in [0.4, 0.5) is 0 Å². The van der Waals surface area contributed by atoms with Gasteiger partial charge in [-0.2, -0.15) is 0 Å². The summed E-state index contributed by atoms with van der Waals surface area (Å²) in [6.07, 6.45) is 1.23. The number of rotatable bonds is 4. The molecule has 1 fully saturated rings. The zero-order valence-electron chi connectivity index (χ0n) is 16.0. The largest absolute Gasteiger partial charge is 0.339 e. The number of hydrogen-bond donors (Lipinski definition) is 1. The molecule has 1 aliphatic heterocycles. The Balaban J connectivity index is 1.63. The first-order valence-corrected chi connectivity index (χ1v) is 10.7. The van der Waals surface area contributed by atoms with Crippen LogP contribution in [0.25, 0.3) is 0 Å². The molecule has 5 nitrogen and oxygen atoms in total. The van der Waals surface area contributed by atoms with Gasteiger partial charge in [0.15, 0.2) is 0 Å². The van der Waals surface area contributed by atoms with Crippen LogP contribution in [0.2, 0.25) is 0 Å². The number of amides is 1.